The number of carbonyl (C=O) groups is 2. The smallest absolute Gasteiger partial charge is 0.255 e. The van der Waals surface area contributed by atoms with Crippen molar-refractivity contribution in [2.75, 3.05) is 18.9 Å². The van der Waals surface area contributed by atoms with Crippen LogP contribution < -0.4 is 11.1 Å². The molecule has 4 rings (SSSR count). The molecule has 1 saturated carbocycles. The van der Waals surface area contributed by atoms with Gasteiger partial charge in [0.1, 0.15) is 0 Å². The summed E-state index contributed by atoms with van der Waals surface area (Å²) in [6.07, 6.45) is 4.76. The van der Waals surface area contributed by atoms with Gasteiger partial charge in [-0.2, -0.15) is 0 Å². The SMILES string of the molecule is CN(CC(N)c1ccc(C(=O)Nc2ccncc2)cc1)C(=O)C1(c2ccc(Cl)c(Cl)c2)CC1. The van der Waals surface area contributed by atoms with Gasteiger partial charge < -0.3 is 16.0 Å². The summed E-state index contributed by atoms with van der Waals surface area (Å²) < 4.78 is 0. The Balaban J connectivity index is 1.39. The molecule has 0 saturated heterocycles. The van der Waals surface area contributed by atoms with Crippen molar-refractivity contribution in [3.8, 4) is 0 Å². The zero-order valence-corrected chi connectivity index (χ0v) is 19.6. The number of carbonyl (C=O) groups excluding carboxylic acids is 2. The summed E-state index contributed by atoms with van der Waals surface area (Å²) in [5, 5.41) is 3.73. The van der Waals surface area contributed by atoms with Gasteiger partial charge in [0.05, 0.1) is 15.5 Å². The number of rotatable bonds is 7. The van der Waals surface area contributed by atoms with Crippen LogP contribution in [0.15, 0.2) is 67.0 Å². The summed E-state index contributed by atoms with van der Waals surface area (Å²) in [7, 11) is 1.76. The number of amides is 2. The molecule has 1 aliphatic rings. The zero-order valence-electron chi connectivity index (χ0n) is 18.1. The fourth-order valence-electron chi connectivity index (χ4n) is 3.91. The van der Waals surface area contributed by atoms with Gasteiger partial charge in [0.2, 0.25) is 5.91 Å². The first-order valence-corrected chi connectivity index (χ1v) is 11.3. The first-order chi connectivity index (χ1) is 15.8. The second kappa shape index (κ2) is 9.51. The Kier molecular flexibility index (Phi) is 6.70. The molecule has 1 aromatic heterocycles. The van der Waals surface area contributed by atoms with Crippen LogP contribution in [0.5, 0.6) is 0 Å². The molecule has 0 aliphatic heterocycles. The molecular weight excluding hydrogens is 459 g/mol. The third-order valence-corrected chi connectivity index (χ3v) is 6.73. The molecule has 1 aliphatic carbocycles. The Hall–Kier alpha value is -2.93. The summed E-state index contributed by atoms with van der Waals surface area (Å²) in [5.74, 6) is -0.199. The standard InChI is InChI=1S/C25H24Cl2N4O2/c1-31(24(33)25(10-11-25)18-6-7-20(26)21(27)14-18)15-22(28)16-2-4-17(5-3-16)23(32)30-19-8-12-29-13-9-19/h2-9,12-14,22H,10-11,15,28H2,1H3,(H,29,30,32). The van der Waals surface area contributed by atoms with Crippen molar-refractivity contribution in [3.05, 3.63) is 93.7 Å². The van der Waals surface area contributed by atoms with Gasteiger partial charge in [0.25, 0.3) is 5.91 Å². The summed E-state index contributed by atoms with van der Waals surface area (Å²) in [6.45, 7) is 0.352. The minimum atomic E-state index is -0.558. The molecule has 8 heteroatoms. The number of benzene rings is 2. The van der Waals surface area contributed by atoms with E-state index in [9.17, 15) is 9.59 Å². The quantitative estimate of drug-likeness (QED) is 0.504. The van der Waals surface area contributed by atoms with E-state index in [2.05, 4.69) is 10.3 Å². The minimum Gasteiger partial charge on any atom is -0.343 e. The number of aromatic nitrogens is 1. The zero-order chi connectivity index (χ0) is 23.6. The number of likely N-dealkylation sites (N-methyl/N-ethyl adjacent to an activating group) is 1. The molecule has 170 valence electrons. The molecule has 1 atom stereocenters. The van der Waals surface area contributed by atoms with Gasteiger partial charge in [-0.05, 0) is 60.4 Å². The monoisotopic (exact) mass is 482 g/mol. The fraction of sp³-hybridized carbons (Fsp3) is 0.240. The molecule has 1 fully saturated rings. The molecule has 1 heterocycles. The van der Waals surface area contributed by atoms with Gasteiger partial charge >= 0.3 is 0 Å². The number of nitrogens with zero attached hydrogens (tertiary/aromatic N) is 2. The lowest BCUT2D eigenvalue weighted by Crippen LogP contribution is -2.40. The predicted molar refractivity (Wildman–Crippen MR) is 131 cm³/mol. The highest BCUT2D eigenvalue weighted by Crippen LogP contribution is 2.50. The number of nitrogens with one attached hydrogen (secondary N) is 1. The number of nitrogens with two attached hydrogens (primary N) is 1. The molecule has 6 nitrogen and oxygen atoms in total. The molecule has 2 amide bonds. The van der Waals surface area contributed by atoms with Gasteiger partial charge in [0.15, 0.2) is 0 Å². The fourth-order valence-corrected chi connectivity index (χ4v) is 4.21. The molecule has 3 N–H and O–H groups in total. The summed E-state index contributed by atoms with van der Waals surface area (Å²) in [5.41, 5.74) is 8.75. The number of hydrogen-bond acceptors (Lipinski definition) is 4. The number of anilines is 1. The second-order valence-electron chi connectivity index (χ2n) is 8.32. The Morgan fingerprint density at radius 2 is 1.73 bits per heavy atom. The van der Waals surface area contributed by atoms with Crippen LogP contribution in [0.2, 0.25) is 10.0 Å². The van der Waals surface area contributed by atoms with Gasteiger partial charge in [-0.25, -0.2) is 0 Å². The maximum absolute atomic E-state index is 13.2. The Morgan fingerprint density at radius 1 is 1.06 bits per heavy atom. The highest BCUT2D eigenvalue weighted by Gasteiger charge is 2.52. The van der Waals surface area contributed by atoms with Crippen LogP contribution in [-0.2, 0) is 10.2 Å². The number of halogens is 2. The van der Waals surface area contributed by atoms with E-state index in [4.69, 9.17) is 28.9 Å². The second-order valence-corrected chi connectivity index (χ2v) is 9.13. The van der Waals surface area contributed by atoms with E-state index in [1.54, 1.807) is 60.7 Å². The normalized spacial score (nSPS) is 14.9. The molecule has 33 heavy (non-hydrogen) atoms. The molecular formula is C25H24Cl2N4O2. The highest BCUT2D eigenvalue weighted by atomic mass is 35.5. The first-order valence-electron chi connectivity index (χ1n) is 10.6. The van der Waals surface area contributed by atoms with Gasteiger partial charge in [-0.1, -0.05) is 41.4 Å². The van der Waals surface area contributed by atoms with Crippen molar-refractivity contribution in [2.24, 2.45) is 5.73 Å². The van der Waals surface area contributed by atoms with Crippen molar-refractivity contribution in [2.45, 2.75) is 24.3 Å². The lowest BCUT2D eigenvalue weighted by Gasteiger charge is -2.27. The van der Waals surface area contributed by atoms with Crippen LogP contribution in [0.1, 0.15) is 40.4 Å². The average molecular weight is 483 g/mol. The lowest BCUT2D eigenvalue weighted by molar-refractivity contribution is -0.132. The van der Waals surface area contributed by atoms with Crippen LogP contribution >= 0.6 is 23.2 Å². The van der Waals surface area contributed by atoms with E-state index >= 15 is 0 Å². The lowest BCUT2D eigenvalue weighted by atomic mass is 9.94. The third kappa shape index (κ3) is 5.03. The average Bonchev–Trinajstić information content (AvgIpc) is 3.63. The maximum Gasteiger partial charge on any atom is 0.255 e. The van der Waals surface area contributed by atoms with E-state index < -0.39 is 5.41 Å². The van der Waals surface area contributed by atoms with Gasteiger partial charge in [-0.3, -0.25) is 14.6 Å². The Bertz CT molecular complexity index is 1160. The Morgan fingerprint density at radius 3 is 2.33 bits per heavy atom. The highest BCUT2D eigenvalue weighted by molar-refractivity contribution is 6.42. The van der Waals surface area contributed by atoms with Crippen molar-refractivity contribution in [3.63, 3.8) is 0 Å². The van der Waals surface area contributed by atoms with Crippen molar-refractivity contribution < 1.29 is 9.59 Å². The summed E-state index contributed by atoms with van der Waals surface area (Å²) in [4.78, 5) is 31.3. The largest absolute Gasteiger partial charge is 0.343 e. The predicted octanol–water partition coefficient (Wildman–Crippen LogP) is 4.83. The topological polar surface area (TPSA) is 88.3 Å². The van der Waals surface area contributed by atoms with Gasteiger partial charge in [0, 0.05) is 43.3 Å². The van der Waals surface area contributed by atoms with E-state index in [0.29, 0.717) is 27.8 Å². The van der Waals surface area contributed by atoms with Crippen LogP contribution in [0, 0.1) is 0 Å². The van der Waals surface area contributed by atoms with E-state index in [1.165, 1.54) is 0 Å². The first kappa shape index (κ1) is 23.2. The molecule has 0 spiro atoms. The van der Waals surface area contributed by atoms with Crippen LogP contribution in [-0.4, -0.2) is 35.3 Å². The van der Waals surface area contributed by atoms with Crippen molar-refractivity contribution in [1.29, 1.82) is 0 Å². The molecule has 0 bridgehead atoms. The maximum atomic E-state index is 13.2. The van der Waals surface area contributed by atoms with E-state index in [1.807, 2.05) is 18.2 Å². The Labute approximate surface area is 202 Å². The van der Waals surface area contributed by atoms with Crippen molar-refractivity contribution in [1.82, 2.24) is 9.88 Å². The molecule has 0 radical (unpaired) electrons. The van der Waals surface area contributed by atoms with Crippen LogP contribution in [0.3, 0.4) is 0 Å². The van der Waals surface area contributed by atoms with Crippen molar-refractivity contribution >= 4 is 40.7 Å². The third-order valence-electron chi connectivity index (χ3n) is 5.99. The molecule has 3 aromatic rings. The minimum absolute atomic E-state index is 0.0182. The van der Waals surface area contributed by atoms with Crippen LogP contribution in [0.25, 0.3) is 0 Å². The molecule has 1 unspecified atom stereocenters. The van der Waals surface area contributed by atoms with Crippen LogP contribution in [0.4, 0.5) is 5.69 Å². The van der Waals surface area contributed by atoms with E-state index in [0.717, 1.165) is 24.0 Å². The summed E-state index contributed by atoms with van der Waals surface area (Å²) >= 11 is 12.2. The number of hydrogen-bond donors (Lipinski definition) is 2. The molecule has 2 aromatic carbocycles. The number of pyridine rings is 1. The van der Waals surface area contributed by atoms with Gasteiger partial charge in [-0.15, -0.1) is 0 Å². The van der Waals surface area contributed by atoms with E-state index in [-0.39, 0.29) is 17.9 Å². The summed E-state index contributed by atoms with van der Waals surface area (Å²) in [6, 6.07) is 15.5.